The third-order valence-electron chi connectivity index (χ3n) is 5.40. The van der Waals surface area contributed by atoms with Crippen molar-refractivity contribution in [1.82, 2.24) is 4.90 Å². The Labute approximate surface area is 151 Å². The molecule has 1 heterocycles. The van der Waals surface area contributed by atoms with E-state index in [-0.39, 0.29) is 5.75 Å². The van der Waals surface area contributed by atoms with E-state index in [1.54, 1.807) is 6.07 Å². The molecule has 0 spiro atoms. The Kier molecular flexibility index (Phi) is 6.51. The summed E-state index contributed by atoms with van der Waals surface area (Å²) < 4.78 is 13.2. The van der Waals surface area contributed by atoms with Gasteiger partial charge in [-0.15, -0.1) is 0 Å². The van der Waals surface area contributed by atoms with E-state index < -0.39 is 5.82 Å². The maximum Gasteiger partial charge on any atom is 0.126 e. The van der Waals surface area contributed by atoms with Crippen LogP contribution in [0.15, 0.2) is 35.2 Å². The highest BCUT2D eigenvalue weighted by Gasteiger charge is 2.27. The Morgan fingerprint density at radius 3 is 2.60 bits per heavy atom. The normalized spacial score (nSPS) is 17.1. The molecule has 1 aromatic rings. The van der Waals surface area contributed by atoms with Crippen molar-refractivity contribution in [2.45, 2.75) is 65.8 Å². The molecule has 1 aliphatic rings. The minimum absolute atomic E-state index is 0.0275. The Bertz CT molecular complexity index is 678. The summed E-state index contributed by atoms with van der Waals surface area (Å²) in [5.41, 5.74) is 10.3. The average molecular weight is 346 g/mol. The van der Waals surface area contributed by atoms with E-state index >= 15 is 0 Å². The summed E-state index contributed by atoms with van der Waals surface area (Å²) in [4.78, 5) is 2.34. The van der Waals surface area contributed by atoms with Crippen molar-refractivity contribution in [3.8, 4) is 5.75 Å². The molecule has 2 rings (SSSR count). The Morgan fingerprint density at radius 1 is 1.28 bits per heavy atom. The standard InChI is InChI=1S/C21H31FN2O/c1-5-7-8-17(6-2)24-12-11-19(21(24)23)15(4)14(3)18-10-9-16(22)13-20(18)25/h9-10,13,17,25H,5-8,11-12,23H2,1-4H3/b15-14+. The number of halogens is 1. The van der Waals surface area contributed by atoms with E-state index in [2.05, 4.69) is 18.7 Å². The van der Waals surface area contributed by atoms with Gasteiger partial charge in [0.15, 0.2) is 0 Å². The maximum absolute atomic E-state index is 13.2. The van der Waals surface area contributed by atoms with Crippen molar-refractivity contribution in [1.29, 1.82) is 0 Å². The molecule has 1 aromatic carbocycles. The zero-order valence-electron chi connectivity index (χ0n) is 15.9. The third kappa shape index (κ3) is 4.17. The average Bonchev–Trinajstić information content (AvgIpc) is 2.96. The molecule has 4 heteroatoms. The lowest BCUT2D eigenvalue weighted by atomic mass is 9.95. The fourth-order valence-electron chi connectivity index (χ4n) is 3.68. The summed E-state index contributed by atoms with van der Waals surface area (Å²) in [6.07, 6.45) is 5.59. The van der Waals surface area contributed by atoms with Gasteiger partial charge >= 0.3 is 0 Å². The molecule has 0 aliphatic carbocycles. The highest BCUT2D eigenvalue weighted by molar-refractivity contribution is 5.74. The first kappa shape index (κ1) is 19.4. The Hall–Kier alpha value is -1.97. The van der Waals surface area contributed by atoms with Crippen LogP contribution in [0.3, 0.4) is 0 Å². The number of hydrogen-bond donors (Lipinski definition) is 2. The lowest BCUT2D eigenvalue weighted by molar-refractivity contribution is 0.246. The van der Waals surface area contributed by atoms with Gasteiger partial charge in [-0.3, -0.25) is 0 Å². The van der Waals surface area contributed by atoms with Gasteiger partial charge in [0, 0.05) is 24.2 Å². The molecule has 0 radical (unpaired) electrons. The van der Waals surface area contributed by atoms with Crippen molar-refractivity contribution >= 4 is 5.57 Å². The molecule has 0 saturated carbocycles. The molecule has 0 bridgehead atoms. The van der Waals surface area contributed by atoms with Crippen LogP contribution >= 0.6 is 0 Å². The van der Waals surface area contributed by atoms with Crippen LogP contribution in [0.2, 0.25) is 0 Å². The zero-order chi connectivity index (χ0) is 18.6. The van der Waals surface area contributed by atoms with Crippen molar-refractivity contribution in [2.75, 3.05) is 6.54 Å². The SMILES string of the molecule is CCCCC(CC)N1CCC(/C(C)=C(\C)c2ccc(F)cc2O)=C1N. The van der Waals surface area contributed by atoms with Gasteiger partial charge in [0.05, 0.1) is 0 Å². The van der Waals surface area contributed by atoms with E-state index in [1.807, 2.05) is 13.8 Å². The van der Waals surface area contributed by atoms with Gasteiger partial charge in [-0.25, -0.2) is 4.39 Å². The second-order valence-electron chi connectivity index (χ2n) is 6.92. The molecule has 3 N–H and O–H groups in total. The first-order chi connectivity index (χ1) is 11.9. The summed E-state index contributed by atoms with van der Waals surface area (Å²) >= 11 is 0. The van der Waals surface area contributed by atoms with Crippen LogP contribution < -0.4 is 5.73 Å². The summed E-state index contributed by atoms with van der Waals surface area (Å²) in [5.74, 6) is 0.404. The number of unbranched alkanes of at least 4 members (excludes halogenated alkanes) is 1. The quantitative estimate of drug-likeness (QED) is 0.716. The van der Waals surface area contributed by atoms with Gasteiger partial charge in [-0.1, -0.05) is 26.7 Å². The number of nitrogens with zero attached hydrogens (tertiary/aromatic N) is 1. The van der Waals surface area contributed by atoms with Crippen LogP contribution in [-0.4, -0.2) is 22.6 Å². The van der Waals surface area contributed by atoms with Crippen molar-refractivity contribution in [2.24, 2.45) is 5.73 Å². The van der Waals surface area contributed by atoms with Gasteiger partial charge in [-0.05, 0) is 62.0 Å². The monoisotopic (exact) mass is 346 g/mol. The summed E-state index contributed by atoms with van der Waals surface area (Å²) in [7, 11) is 0. The number of phenolic OH excluding ortho intramolecular Hbond substituents is 1. The predicted molar refractivity (Wildman–Crippen MR) is 102 cm³/mol. The lowest BCUT2D eigenvalue weighted by Gasteiger charge is -2.30. The van der Waals surface area contributed by atoms with Crippen LogP contribution in [0.1, 0.15) is 65.4 Å². The first-order valence-electron chi connectivity index (χ1n) is 9.32. The van der Waals surface area contributed by atoms with E-state index in [0.717, 1.165) is 48.0 Å². The van der Waals surface area contributed by atoms with Crippen LogP contribution in [-0.2, 0) is 0 Å². The maximum atomic E-state index is 13.2. The van der Waals surface area contributed by atoms with Gasteiger partial charge in [0.25, 0.3) is 0 Å². The second kappa shape index (κ2) is 8.41. The molecule has 0 fully saturated rings. The van der Waals surface area contributed by atoms with E-state index in [9.17, 15) is 9.50 Å². The van der Waals surface area contributed by atoms with E-state index in [1.165, 1.54) is 25.3 Å². The fraction of sp³-hybridized carbons (Fsp3) is 0.524. The molecule has 0 amide bonds. The van der Waals surface area contributed by atoms with E-state index in [0.29, 0.717) is 11.6 Å². The minimum Gasteiger partial charge on any atom is -0.507 e. The molecule has 0 aromatic heterocycles. The van der Waals surface area contributed by atoms with Gasteiger partial charge in [0.2, 0.25) is 0 Å². The van der Waals surface area contributed by atoms with Crippen LogP contribution in [0.25, 0.3) is 5.57 Å². The van der Waals surface area contributed by atoms with Crippen LogP contribution in [0.5, 0.6) is 5.75 Å². The highest BCUT2D eigenvalue weighted by Crippen LogP contribution is 2.35. The summed E-state index contributed by atoms with van der Waals surface area (Å²) in [6.45, 7) is 9.38. The highest BCUT2D eigenvalue weighted by atomic mass is 19.1. The predicted octanol–water partition coefficient (Wildman–Crippen LogP) is 5.17. The molecular formula is C21H31FN2O. The molecule has 25 heavy (non-hydrogen) atoms. The lowest BCUT2D eigenvalue weighted by Crippen LogP contribution is -2.35. The number of rotatable bonds is 7. The number of nitrogens with two attached hydrogens (primary N) is 1. The molecule has 1 unspecified atom stereocenters. The molecule has 3 nitrogen and oxygen atoms in total. The smallest absolute Gasteiger partial charge is 0.126 e. The topological polar surface area (TPSA) is 49.5 Å². The summed E-state index contributed by atoms with van der Waals surface area (Å²) in [5, 5.41) is 10.1. The number of aromatic hydroxyl groups is 1. The number of phenols is 1. The largest absolute Gasteiger partial charge is 0.507 e. The third-order valence-corrected chi connectivity index (χ3v) is 5.40. The number of hydrogen-bond acceptors (Lipinski definition) is 3. The Morgan fingerprint density at radius 2 is 2.00 bits per heavy atom. The summed E-state index contributed by atoms with van der Waals surface area (Å²) in [6, 6.07) is 4.65. The zero-order valence-corrected chi connectivity index (χ0v) is 15.9. The van der Waals surface area contributed by atoms with Gasteiger partial charge in [0.1, 0.15) is 17.4 Å². The van der Waals surface area contributed by atoms with Crippen LogP contribution in [0, 0.1) is 5.82 Å². The number of allylic oxidation sites excluding steroid dienone is 2. The Balaban J connectivity index is 2.32. The van der Waals surface area contributed by atoms with Crippen LogP contribution in [0.4, 0.5) is 4.39 Å². The van der Waals surface area contributed by atoms with Gasteiger partial charge < -0.3 is 15.7 Å². The van der Waals surface area contributed by atoms with Crippen molar-refractivity contribution < 1.29 is 9.50 Å². The number of benzene rings is 1. The van der Waals surface area contributed by atoms with Gasteiger partial charge in [-0.2, -0.15) is 0 Å². The molecule has 138 valence electrons. The van der Waals surface area contributed by atoms with E-state index in [4.69, 9.17) is 5.73 Å². The fourth-order valence-corrected chi connectivity index (χ4v) is 3.68. The molecule has 1 aliphatic heterocycles. The van der Waals surface area contributed by atoms with Crippen molar-refractivity contribution in [3.05, 3.63) is 46.5 Å². The molecule has 1 atom stereocenters. The molecular weight excluding hydrogens is 315 g/mol. The molecule has 0 saturated heterocycles. The second-order valence-corrected chi connectivity index (χ2v) is 6.92. The minimum atomic E-state index is -0.431. The van der Waals surface area contributed by atoms with Crippen molar-refractivity contribution in [3.63, 3.8) is 0 Å². The first-order valence-corrected chi connectivity index (χ1v) is 9.32.